The minimum absolute atomic E-state index is 0.0924. The summed E-state index contributed by atoms with van der Waals surface area (Å²) in [4.78, 5) is 39.2. The van der Waals surface area contributed by atoms with E-state index in [9.17, 15) is 14.4 Å². The Kier molecular flexibility index (Phi) is 5.60. The first-order valence-corrected chi connectivity index (χ1v) is 11.7. The van der Waals surface area contributed by atoms with Gasteiger partial charge < -0.3 is 10.1 Å². The van der Waals surface area contributed by atoms with E-state index in [0.717, 1.165) is 30.5 Å². The molecular weight excluding hydrogens is 438 g/mol. The smallest absolute Gasteiger partial charge is 0.332 e. The second-order valence-electron chi connectivity index (χ2n) is 8.13. The van der Waals surface area contributed by atoms with Crippen LogP contribution in [0.15, 0.2) is 63.5 Å². The van der Waals surface area contributed by atoms with Crippen molar-refractivity contribution in [3.8, 4) is 5.75 Å². The van der Waals surface area contributed by atoms with Gasteiger partial charge in [-0.05, 0) is 71.7 Å². The Balaban J connectivity index is 1.47. The molecule has 8 heteroatoms. The van der Waals surface area contributed by atoms with E-state index in [1.807, 2.05) is 24.3 Å². The van der Waals surface area contributed by atoms with E-state index in [4.69, 9.17) is 4.74 Å². The molecule has 5 rings (SSSR count). The number of carbonyl (C=O) groups excluding carboxylic acids is 1. The molecule has 1 aliphatic carbocycles. The summed E-state index contributed by atoms with van der Waals surface area (Å²) in [6, 6.07) is 14.9. The number of hydrogen-bond acceptors (Lipinski definition) is 5. The SMILES string of the molecule is COc1cccc(Cn2c(=O)c3sccc3n(CC(=O)Nc3ccc4c(c3)CCC4)c2=O)c1. The summed E-state index contributed by atoms with van der Waals surface area (Å²) in [6.07, 6.45) is 3.22. The molecular formula is C25H23N3O4S. The Labute approximate surface area is 193 Å². The van der Waals surface area contributed by atoms with Crippen LogP contribution in [-0.4, -0.2) is 22.2 Å². The van der Waals surface area contributed by atoms with Crippen LogP contribution in [0.1, 0.15) is 23.1 Å². The molecule has 0 unspecified atom stereocenters. The molecule has 2 aromatic heterocycles. The standard InChI is InChI=1S/C25H23N3O4S/c1-32-20-7-2-4-16(12-20)14-28-24(30)23-21(10-11-33-23)27(25(28)31)15-22(29)26-19-9-8-17-5-3-6-18(17)13-19/h2,4,7-13H,3,5-6,14-15H2,1H3,(H,26,29). The number of fused-ring (bicyclic) bond motifs is 2. The van der Waals surface area contributed by atoms with Gasteiger partial charge in [0, 0.05) is 5.69 Å². The zero-order valence-electron chi connectivity index (χ0n) is 18.2. The largest absolute Gasteiger partial charge is 0.497 e. The van der Waals surface area contributed by atoms with Crippen LogP contribution in [0.4, 0.5) is 5.69 Å². The van der Waals surface area contributed by atoms with Gasteiger partial charge in [0.25, 0.3) is 5.56 Å². The Hall–Kier alpha value is -3.65. The van der Waals surface area contributed by atoms with E-state index in [1.165, 1.54) is 31.6 Å². The number of nitrogens with zero attached hydrogens (tertiary/aromatic N) is 2. The highest BCUT2D eigenvalue weighted by atomic mass is 32.1. The number of aromatic nitrogens is 2. The predicted octanol–water partition coefficient (Wildman–Crippen LogP) is 3.41. The van der Waals surface area contributed by atoms with E-state index in [0.29, 0.717) is 16.0 Å². The van der Waals surface area contributed by atoms with Crippen molar-refractivity contribution >= 4 is 33.1 Å². The van der Waals surface area contributed by atoms with Crippen LogP contribution in [0.25, 0.3) is 10.2 Å². The Morgan fingerprint density at radius 2 is 1.91 bits per heavy atom. The van der Waals surface area contributed by atoms with Gasteiger partial charge in [-0.15, -0.1) is 11.3 Å². The quantitative estimate of drug-likeness (QED) is 0.477. The number of nitrogens with one attached hydrogen (secondary N) is 1. The van der Waals surface area contributed by atoms with Crippen molar-refractivity contribution < 1.29 is 9.53 Å². The molecule has 7 nitrogen and oxygen atoms in total. The first-order chi connectivity index (χ1) is 16.0. The summed E-state index contributed by atoms with van der Waals surface area (Å²) in [5, 5.41) is 4.66. The van der Waals surface area contributed by atoms with E-state index in [2.05, 4.69) is 11.4 Å². The molecule has 0 atom stereocenters. The van der Waals surface area contributed by atoms with E-state index in [-0.39, 0.29) is 24.6 Å². The highest BCUT2D eigenvalue weighted by molar-refractivity contribution is 7.17. The van der Waals surface area contributed by atoms with Crippen LogP contribution in [0, 0.1) is 0 Å². The summed E-state index contributed by atoms with van der Waals surface area (Å²) in [5.74, 6) is 0.334. The number of benzene rings is 2. The van der Waals surface area contributed by atoms with Crippen molar-refractivity contribution in [1.82, 2.24) is 9.13 Å². The fourth-order valence-corrected chi connectivity index (χ4v) is 5.22. The molecule has 0 saturated carbocycles. The van der Waals surface area contributed by atoms with Crippen molar-refractivity contribution in [2.24, 2.45) is 0 Å². The van der Waals surface area contributed by atoms with Crippen LogP contribution in [0.5, 0.6) is 5.75 Å². The van der Waals surface area contributed by atoms with Gasteiger partial charge in [0.1, 0.15) is 17.0 Å². The summed E-state index contributed by atoms with van der Waals surface area (Å²) >= 11 is 1.26. The van der Waals surface area contributed by atoms with E-state index in [1.54, 1.807) is 30.7 Å². The number of aryl methyl sites for hydroxylation is 2. The van der Waals surface area contributed by atoms with Crippen molar-refractivity contribution in [1.29, 1.82) is 0 Å². The number of carbonyl (C=O) groups is 1. The number of thiophene rings is 1. The topological polar surface area (TPSA) is 82.3 Å². The second kappa shape index (κ2) is 8.71. The third-order valence-corrected chi connectivity index (χ3v) is 6.89. The highest BCUT2D eigenvalue weighted by Crippen LogP contribution is 2.25. The number of amides is 1. The maximum atomic E-state index is 13.3. The summed E-state index contributed by atoms with van der Waals surface area (Å²) in [7, 11) is 1.57. The lowest BCUT2D eigenvalue weighted by Crippen LogP contribution is -2.41. The molecule has 2 heterocycles. The molecule has 2 aromatic carbocycles. The fourth-order valence-electron chi connectivity index (χ4n) is 4.37. The Morgan fingerprint density at radius 1 is 1.06 bits per heavy atom. The van der Waals surface area contributed by atoms with Crippen molar-refractivity contribution in [3.05, 3.63) is 91.4 Å². The third kappa shape index (κ3) is 4.09. The van der Waals surface area contributed by atoms with Gasteiger partial charge in [0.05, 0.1) is 19.2 Å². The number of rotatable bonds is 6. The maximum absolute atomic E-state index is 13.3. The van der Waals surface area contributed by atoms with Gasteiger partial charge in [-0.3, -0.25) is 18.7 Å². The maximum Gasteiger partial charge on any atom is 0.332 e. The second-order valence-corrected chi connectivity index (χ2v) is 9.05. The molecule has 168 valence electrons. The van der Waals surface area contributed by atoms with Crippen LogP contribution in [0.2, 0.25) is 0 Å². The lowest BCUT2D eigenvalue weighted by atomic mass is 10.1. The Bertz CT molecular complexity index is 1480. The zero-order chi connectivity index (χ0) is 22.9. The van der Waals surface area contributed by atoms with Gasteiger partial charge in [-0.25, -0.2) is 4.79 Å². The Morgan fingerprint density at radius 3 is 2.76 bits per heavy atom. The summed E-state index contributed by atoms with van der Waals surface area (Å²) in [5.41, 5.74) is 3.67. The van der Waals surface area contributed by atoms with Crippen molar-refractivity contribution in [2.45, 2.75) is 32.4 Å². The summed E-state index contributed by atoms with van der Waals surface area (Å²) < 4.78 is 8.24. The van der Waals surface area contributed by atoms with E-state index >= 15 is 0 Å². The fraction of sp³-hybridized carbons (Fsp3) is 0.240. The summed E-state index contributed by atoms with van der Waals surface area (Å²) in [6.45, 7) is -0.0866. The van der Waals surface area contributed by atoms with Gasteiger partial charge in [-0.1, -0.05) is 18.2 Å². The van der Waals surface area contributed by atoms with Gasteiger partial charge in [0.15, 0.2) is 0 Å². The lowest BCUT2D eigenvalue weighted by Gasteiger charge is -2.13. The molecule has 0 saturated heterocycles. The number of methoxy groups -OCH3 is 1. The van der Waals surface area contributed by atoms with Gasteiger partial charge >= 0.3 is 5.69 Å². The molecule has 0 spiro atoms. The average Bonchev–Trinajstić information content (AvgIpc) is 3.49. The average molecular weight is 462 g/mol. The highest BCUT2D eigenvalue weighted by Gasteiger charge is 2.18. The monoisotopic (exact) mass is 461 g/mol. The number of hydrogen-bond donors (Lipinski definition) is 1. The molecule has 0 bridgehead atoms. The number of anilines is 1. The molecule has 0 radical (unpaired) electrons. The lowest BCUT2D eigenvalue weighted by molar-refractivity contribution is -0.116. The van der Waals surface area contributed by atoms with Crippen molar-refractivity contribution in [3.63, 3.8) is 0 Å². The van der Waals surface area contributed by atoms with Crippen LogP contribution in [0.3, 0.4) is 0 Å². The van der Waals surface area contributed by atoms with Crippen LogP contribution in [-0.2, 0) is 30.7 Å². The number of ether oxygens (including phenoxy) is 1. The third-order valence-electron chi connectivity index (χ3n) is 6.00. The molecule has 4 aromatic rings. The molecule has 0 fully saturated rings. The van der Waals surface area contributed by atoms with Crippen LogP contribution >= 0.6 is 11.3 Å². The van der Waals surface area contributed by atoms with Gasteiger partial charge in [-0.2, -0.15) is 0 Å². The molecule has 33 heavy (non-hydrogen) atoms. The van der Waals surface area contributed by atoms with E-state index < -0.39 is 5.69 Å². The van der Waals surface area contributed by atoms with Gasteiger partial charge in [0.2, 0.25) is 5.91 Å². The molecule has 1 aliphatic rings. The molecule has 1 N–H and O–H groups in total. The van der Waals surface area contributed by atoms with Crippen LogP contribution < -0.4 is 21.3 Å². The minimum atomic E-state index is -0.516. The molecule has 1 amide bonds. The normalized spacial score (nSPS) is 12.6. The first-order valence-electron chi connectivity index (χ1n) is 10.8. The molecule has 0 aliphatic heterocycles. The van der Waals surface area contributed by atoms with Crippen molar-refractivity contribution in [2.75, 3.05) is 12.4 Å². The zero-order valence-corrected chi connectivity index (χ0v) is 19.0. The predicted molar refractivity (Wildman–Crippen MR) is 130 cm³/mol. The minimum Gasteiger partial charge on any atom is -0.497 e. The first kappa shape index (κ1) is 21.2.